The number of amides is 2. The monoisotopic (exact) mass is 439 g/mol. The highest BCUT2D eigenvalue weighted by Crippen LogP contribution is 2.27. The van der Waals surface area contributed by atoms with Gasteiger partial charge < -0.3 is 10.6 Å². The van der Waals surface area contributed by atoms with Crippen molar-refractivity contribution in [3.63, 3.8) is 0 Å². The summed E-state index contributed by atoms with van der Waals surface area (Å²) < 4.78 is 1.28. The highest BCUT2D eigenvalue weighted by atomic mass is 35.5. The largest absolute Gasteiger partial charge is 0.332 e. The third-order valence-corrected chi connectivity index (χ3v) is 5.73. The van der Waals surface area contributed by atoms with Crippen LogP contribution in [0.25, 0.3) is 15.5 Å². The van der Waals surface area contributed by atoms with Crippen molar-refractivity contribution in [2.24, 2.45) is 0 Å². The van der Waals surface area contributed by atoms with Crippen LogP contribution in [0.2, 0.25) is 5.02 Å². The molecule has 4 rings (SSSR count). The number of carbonyl (C=O) groups excluding carboxylic acids is 1. The normalized spacial score (nSPS) is 10.9. The number of fused-ring (bicyclic) bond motifs is 1. The van der Waals surface area contributed by atoms with Crippen molar-refractivity contribution in [3.05, 3.63) is 80.7 Å². The molecule has 2 aromatic heterocycles. The fraction of sp³-hybridized carbons (Fsp3) is 0.143. The maximum absolute atomic E-state index is 12.5. The van der Waals surface area contributed by atoms with E-state index in [9.17, 15) is 9.59 Å². The summed E-state index contributed by atoms with van der Waals surface area (Å²) in [4.78, 5) is 29.7. The molecule has 7 nitrogen and oxygen atoms in total. The van der Waals surface area contributed by atoms with Gasteiger partial charge in [-0.2, -0.15) is 9.61 Å². The van der Waals surface area contributed by atoms with E-state index in [1.165, 1.54) is 21.9 Å². The molecule has 0 fully saturated rings. The van der Waals surface area contributed by atoms with E-state index in [2.05, 4.69) is 20.7 Å². The molecule has 0 aliphatic rings. The van der Waals surface area contributed by atoms with Crippen LogP contribution in [0.3, 0.4) is 0 Å². The van der Waals surface area contributed by atoms with Crippen molar-refractivity contribution in [1.82, 2.24) is 19.9 Å². The van der Waals surface area contributed by atoms with E-state index in [1.807, 2.05) is 44.2 Å². The maximum atomic E-state index is 12.5. The van der Waals surface area contributed by atoms with Crippen LogP contribution in [0.1, 0.15) is 16.8 Å². The van der Waals surface area contributed by atoms with E-state index in [4.69, 9.17) is 11.6 Å². The van der Waals surface area contributed by atoms with Crippen LogP contribution in [-0.2, 0) is 6.54 Å². The standard InChI is InChI=1S/C21H18ClN5O2S/c1-12-5-3-4-6-16(12)19-26-27-18(28)10-15(24-21(27)30-19)11-23-20(29)25-17-9-14(22)8-7-13(17)2/h3-10H,11H2,1-2H3,(H2,23,25,29). The summed E-state index contributed by atoms with van der Waals surface area (Å²) in [6.45, 7) is 3.97. The number of urea groups is 1. The molecule has 4 aromatic rings. The zero-order valence-electron chi connectivity index (χ0n) is 16.3. The smallest absolute Gasteiger partial charge is 0.319 e. The molecule has 2 aromatic carbocycles. The minimum atomic E-state index is -0.410. The van der Waals surface area contributed by atoms with Crippen LogP contribution in [0, 0.1) is 13.8 Å². The highest BCUT2D eigenvalue weighted by Gasteiger charge is 2.13. The molecule has 0 spiro atoms. The molecule has 2 amide bonds. The third-order valence-electron chi connectivity index (χ3n) is 4.55. The average molecular weight is 440 g/mol. The quantitative estimate of drug-likeness (QED) is 0.493. The van der Waals surface area contributed by atoms with Crippen LogP contribution in [-0.4, -0.2) is 20.6 Å². The number of hydrogen-bond acceptors (Lipinski definition) is 5. The van der Waals surface area contributed by atoms with E-state index >= 15 is 0 Å². The number of hydrogen-bond donors (Lipinski definition) is 2. The van der Waals surface area contributed by atoms with Gasteiger partial charge in [-0.15, -0.1) is 0 Å². The Morgan fingerprint density at radius 3 is 2.73 bits per heavy atom. The summed E-state index contributed by atoms with van der Waals surface area (Å²) in [5.74, 6) is 0. The van der Waals surface area contributed by atoms with Crippen molar-refractivity contribution < 1.29 is 4.79 Å². The molecule has 2 N–H and O–H groups in total. The Morgan fingerprint density at radius 1 is 1.13 bits per heavy atom. The van der Waals surface area contributed by atoms with Crippen LogP contribution in [0.15, 0.2) is 53.3 Å². The molecule has 152 valence electrons. The fourth-order valence-electron chi connectivity index (χ4n) is 2.93. The average Bonchev–Trinajstić information content (AvgIpc) is 3.14. The number of nitrogens with zero attached hydrogens (tertiary/aromatic N) is 3. The Hall–Kier alpha value is -3.23. The minimum Gasteiger partial charge on any atom is -0.332 e. The van der Waals surface area contributed by atoms with Gasteiger partial charge in [-0.25, -0.2) is 9.78 Å². The first kappa shape index (κ1) is 20.1. The van der Waals surface area contributed by atoms with Crippen molar-refractivity contribution >= 4 is 39.6 Å². The first-order valence-corrected chi connectivity index (χ1v) is 10.4. The van der Waals surface area contributed by atoms with Gasteiger partial charge in [-0.05, 0) is 37.1 Å². The lowest BCUT2D eigenvalue weighted by molar-refractivity contribution is 0.251. The molecule has 0 aliphatic carbocycles. The molecule has 0 saturated carbocycles. The Morgan fingerprint density at radius 2 is 1.93 bits per heavy atom. The van der Waals surface area contributed by atoms with Gasteiger partial charge in [0.2, 0.25) is 4.96 Å². The number of benzene rings is 2. The van der Waals surface area contributed by atoms with Crippen molar-refractivity contribution in [2.45, 2.75) is 20.4 Å². The van der Waals surface area contributed by atoms with Gasteiger partial charge in [0.15, 0.2) is 0 Å². The van der Waals surface area contributed by atoms with Gasteiger partial charge in [0.05, 0.1) is 12.2 Å². The van der Waals surface area contributed by atoms with Crippen molar-refractivity contribution in [3.8, 4) is 10.6 Å². The van der Waals surface area contributed by atoms with Crippen LogP contribution in [0.4, 0.5) is 10.5 Å². The van der Waals surface area contributed by atoms with Crippen LogP contribution in [0.5, 0.6) is 0 Å². The third kappa shape index (κ3) is 4.19. The number of aryl methyl sites for hydroxylation is 2. The Bertz CT molecular complexity index is 1310. The lowest BCUT2D eigenvalue weighted by Crippen LogP contribution is -2.29. The second kappa shape index (κ2) is 8.25. The Kier molecular flexibility index (Phi) is 5.52. The Labute approximate surface area is 181 Å². The van der Waals surface area contributed by atoms with Gasteiger partial charge in [-0.3, -0.25) is 4.79 Å². The number of halogens is 1. The first-order valence-electron chi connectivity index (χ1n) is 9.17. The van der Waals surface area contributed by atoms with Crippen molar-refractivity contribution in [2.75, 3.05) is 5.32 Å². The van der Waals surface area contributed by atoms with Gasteiger partial charge in [0.25, 0.3) is 5.56 Å². The van der Waals surface area contributed by atoms with Gasteiger partial charge in [0.1, 0.15) is 5.01 Å². The summed E-state index contributed by atoms with van der Waals surface area (Å²) in [5, 5.41) is 11.1. The topological polar surface area (TPSA) is 88.4 Å². The number of anilines is 1. The fourth-order valence-corrected chi connectivity index (χ4v) is 4.12. The van der Waals surface area contributed by atoms with E-state index < -0.39 is 6.03 Å². The number of carbonyl (C=O) groups is 1. The van der Waals surface area contributed by atoms with E-state index in [-0.39, 0.29) is 12.1 Å². The lowest BCUT2D eigenvalue weighted by Gasteiger charge is -2.10. The number of nitrogens with one attached hydrogen (secondary N) is 2. The molecular weight excluding hydrogens is 422 g/mol. The number of aromatic nitrogens is 3. The molecule has 0 unspecified atom stereocenters. The maximum Gasteiger partial charge on any atom is 0.319 e. The van der Waals surface area contributed by atoms with E-state index in [0.29, 0.717) is 21.4 Å². The number of rotatable bonds is 4. The zero-order chi connectivity index (χ0) is 21.3. The van der Waals surface area contributed by atoms with Crippen molar-refractivity contribution in [1.29, 1.82) is 0 Å². The SMILES string of the molecule is Cc1ccc(Cl)cc1NC(=O)NCc1cc(=O)n2nc(-c3ccccc3C)sc2n1. The summed E-state index contributed by atoms with van der Waals surface area (Å²) in [6.07, 6.45) is 0. The molecule has 0 aliphatic heterocycles. The molecule has 0 saturated heterocycles. The second-order valence-corrected chi connectivity index (χ2v) is 8.16. The molecule has 9 heteroatoms. The molecule has 0 radical (unpaired) electrons. The summed E-state index contributed by atoms with van der Waals surface area (Å²) in [5.41, 5.74) is 3.70. The lowest BCUT2D eigenvalue weighted by atomic mass is 10.1. The molecule has 30 heavy (non-hydrogen) atoms. The highest BCUT2D eigenvalue weighted by molar-refractivity contribution is 7.19. The first-order chi connectivity index (χ1) is 14.4. The molecule has 0 bridgehead atoms. The van der Waals surface area contributed by atoms with E-state index in [1.54, 1.807) is 12.1 Å². The van der Waals surface area contributed by atoms with Crippen LogP contribution >= 0.6 is 22.9 Å². The molecule has 2 heterocycles. The zero-order valence-corrected chi connectivity index (χ0v) is 17.8. The van der Waals surface area contributed by atoms with Crippen LogP contribution < -0.4 is 16.2 Å². The van der Waals surface area contributed by atoms with Gasteiger partial charge >= 0.3 is 6.03 Å². The Balaban J connectivity index is 1.52. The van der Waals surface area contributed by atoms with Gasteiger partial charge in [-0.1, -0.05) is 53.3 Å². The predicted octanol–water partition coefficient (Wildman–Crippen LogP) is 4.41. The second-order valence-electron chi connectivity index (χ2n) is 6.77. The molecular formula is C21H18ClN5O2S. The minimum absolute atomic E-state index is 0.106. The van der Waals surface area contributed by atoms with E-state index in [0.717, 1.165) is 21.7 Å². The predicted molar refractivity (Wildman–Crippen MR) is 119 cm³/mol. The molecule has 0 atom stereocenters. The summed E-state index contributed by atoms with van der Waals surface area (Å²) >= 11 is 7.31. The van der Waals surface area contributed by atoms with Gasteiger partial charge in [0, 0.05) is 22.3 Å². The summed E-state index contributed by atoms with van der Waals surface area (Å²) in [7, 11) is 0. The summed E-state index contributed by atoms with van der Waals surface area (Å²) in [6, 6.07) is 14.1.